The van der Waals surface area contributed by atoms with Gasteiger partial charge in [0.1, 0.15) is 12.6 Å². The average Bonchev–Trinajstić information content (AvgIpc) is 3.24. The molecule has 1 aromatic rings. The van der Waals surface area contributed by atoms with E-state index in [4.69, 9.17) is 14.2 Å². The summed E-state index contributed by atoms with van der Waals surface area (Å²) >= 11 is 1.55. The van der Waals surface area contributed by atoms with Gasteiger partial charge in [0.2, 0.25) is 5.91 Å². The molecule has 1 aliphatic heterocycles. The van der Waals surface area contributed by atoms with Gasteiger partial charge in [-0.05, 0) is 36.8 Å². The number of hydrogen-bond donors (Lipinski definition) is 3. The zero-order valence-electron chi connectivity index (χ0n) is 19.7. The third kappa shape index (κ3) is 7.10. The molecular formula is C24H34N2O7S. The van der Waals surface area contributed by atoms with Crippen molar-refractivity contribution in [2.75, 3.05) is 18.6 Å². The molecule has 9 nitrogen and oxygen atoms in total. The van der Waals surface area contributed by atoms with Crippen molar-refractivity contribution in [1.29, 1.82) is 0 Å². The maximum Gasteiger partial charge on any atom is 0.408 e. The lowest BCUT2D eigenvalue weighted by molar-refractivity contribution is -0.205. The lowest BCUT2D eigenvalue weighted by atomic mass is 9.80. The first-order chi connectivity index (χ1) is 16.4. The molecule has 2 aliphatic rings. The van der Waals surface area contributed by atoms with Gasteiger partial charge in [0.25, 0.3) is 0 Å². The Balaban J connectivity index is 1.59. The fourth-order valence-electron chi connectivity index (χ4n) is 4.34. The molecule has 1 saturated carbocycles. The smallest absolute Gasteiger partial charge is 0.408 e. The largest absolute Gasteiger partial charge is 0.481 e. The summed E-state index contributed by atoms with van der Waals surface area (Å²) < 4.78 is 17.1. The lowest BCUT2D eigenvalue weighted by Gasteiger charge is -2.40. The summed E-state index contributed by atoms with van der Waals surface area (Å²) in [5.74, 6) is -2.53. The van der Waals surface area contributed by atoms with Gasteiger partial charge in [-0.1, -0.05) is 37.3 Å². The quantitative estimate of drug-likeness (QED) is 0.454. The molecule has 1 saturated heterocycles. The van der Waals surface area contributed by atoms with Crippen molar-refractivity contribution in [3.63, 3.8) is 0 Å². The second-order valence-corrected chi connectivity index (χ2v) is 9.70. The summed E-state index contributed by atoms with van der Waals surface area (Å²) in [6, 6.07) is 7.84. The molecule has 1 aliphatic carbocycles. The van der Waals surface area contributed by atoms with E-state index in [0.717, 1.165) is 12.0 Å². The van der Waals surface area contributed by atoms with Crippen molar-refractivity contribution in [2.24, 2.45) is 5.92 Å². The average molecular weight is 495 g/mol. The maximum atomic E-state index is 13.1. The summed E-state index contributed by atoms with van der Waals surface area (Å²) in [6.07, 6.45) is 3.45. The zero-order chi connectivity index (χ0) is 24.6. The Morgan fingerprint density at radius 1 is 1.29 bits per heavy atom. The van der Waals surface area contributed by atoms with Gasteiger partial charge in [-0.15, -0.1) is 0 Å². The Morgan fingerprint density at radius 2 is 2.06 bits per heavy atom. The van der Waals surface area contributed by atoms with Gasteiger partial charge >= 0.3 is 12.1 Å². The molecule has 34 heavy (non-hydrogen) atoms. The first-order valence-electron chi connectivity index (χ1n) is 11.7. The van der Waals surface area contributed by atoms with Crippen molar-refractivity contribution in [1.82, 2.24) is 10.6 Å². The predicted molar refractivity (Wildman–Crippen MR) is 127 cm³/mol. The van der Waals surface area contributed by atoms with Crippen LogP contribution in [-0.4, -0.2) is 65.7 Å². The summed E-state index contributed by atoms with van der Waals surface area (Å²) in [7, 11) is 0. The summed E-state index contributed by atoms with van der Waals surface area (Å²) in [6.45, 7) is 2.54. The zero-order valence-corrected chi connectivity index (χ0v) is 20.5. The van der Waals surface area contributed by atoms with E-state index < -0.39 is 41.8 Å². The van der Waals surface area contributed by atoms with Crippen LogP contribution in [0.5, 0.6) is 0 Å². The highest BCUT2D eigenvalue weighted by Crippen LogP contribution is 2.41. The highest BCUT2D eigenvalue weighted by atomic mass is 32.2. The maximum absolute atomic E-state index is 13.1. The number of thioether (sulfide) groups is 1. The number of aliphatic carboxylic acids is 1. The molecule has 10 heteroatoms. The van der Waals surface area contributed by atoms with Gasteiger partial charge in [0.15, 0.2) is 5.79 Å². The minimum absolute atomic E-state index is 0.0393. The number of carbonyl (C=O) groups excluding carboxylic acids is 2. The summed E-state index contributed by atoms with van der Waals surface area (Å²) in [4.78, 5) is 37.4. The van der Waals surface area contributed by atoms with Crippen LogP contribution in [-0.2, 0) is 30.4 Å². The first kappa shape index (κ1) is 26.3. The molecule has 0 bridgehead atoms. The Kier molecular flexibility index (Phi) is 9.61. The third-order valence-electron chi connectivity index (χ3n) is 6.30. The van der Waals surface area contributed by atoms with Crippen LogP contribution in [0.4, 0.5) is 4.79 Å². The fraction of sp³-hybridized carbons (Fsp3) is 0.625. The number of rotatable bonds is 10. The molecular weight excluding hydrogens is 460 g/mol. The number of nitrogens with one attached hydrogen (secondary N) is 2. The molecule has 1 spiro atoms. The molecule has 3 N–H and O–H groups in total. The Labute approximate surface area is 204 Å². The second kappa shape index (κ2) is 12.4. The van der Waals surface area contributed by atoms with Gasteiger partial charge in [0.05, 0.1) is 18.6 Å². The topological polar surface area (TPSA) is 123 Å². The number of benzene rings is 1. The molecule has 5 atom stereocenters. The normalized spacial score (nSPS) is 27.2. The van der Waals surface area contributed by atoms with Gasteiger partial charge < -0.3 is 30.0 Å². The molecule has 3 rings (SSSR count). The van der Waals surface area contributed by atoms with E-state index in [-0.39, 0.29) is 19.1 Å². The van der Waals surface area contributed by atoms with Crippen LogP contribution >= 0.6 is 11.8 Å². The number of alkyl carbamates (subject to hydrolysis) is 1. The molecule has 0 aromatic heterocycles. The number of carboxylic acid groups (broad SMARTS) is 1. The van der Waals surface area contributed by atoms with Crippen LogP contribution in [0.3, 0.4) is 0 Å². The van der Waals surface area contributed by atoms with Crippen LogP contribution in [0.1, 0.15) is 44.6 Å². The number of carboxylic acids is 1. The van der Waals surface area contributed by atoms with Crippen molar-refractivity contribution in [3.05, 3.63) is 35.9 Å². The monoisotopic (exact) mass is 494 g/mol. The van der Waals surface area contributed by atoms with E-state index >= 15 is 0 Å². The molecule has 1 heterocycles. The minimum atomic E-state index is -1.01. The van der Waals surface area contributed by atoms with Crippen molar-refractivity contribution >= 4 is 29.7 Å². The van der Waals surface area contributed by atoms with Crippen molar-refractivity contribution in [2.45, 2.75) is 69.6 Å². The molecule has 0 radical (unpaired) electrons. The van der Waals surface area contributed by atoms with Gasteiger partial charge in [0, 0.05) is 18.9 Å². The van der Waals surface area contributed by atoms with Crippen LogP contribution in [0.25, 0.3) is 0 Å². The third-order valence-corrected chi connectivity index (χ3v) is 6.94. The van der Waals surface area contributed by atoms with E-state index in [9.17, 15) is 19.5 Å². The molecule has 2 fully saturated rings. The lowest BCUT2D eigenvalue weighted by Crippen LogP contribution is -2.56. The fourth-order valence-corrected chi connectivity index (χ4v) is 4.81. The van der Waals surface area contributed by atoms with Crippen LogP contribution in [0.2, 0.25) is 0 Å². The molecule has 2 amide bonds. The van der Waals surface area contributed by atoms with E-state index in [0.29, 0.717) is 31.6 Å². The minimum Gasteiger partial charge on any atom is -0.481 e. The number of carbonyl (C=O) groups is 3. The van der Waals surface area contributed by atoms with E-state index in [1.807, 2.05) is 43.5 Å². The first-order valence-corrected chi connectivity index (χ1v) is 13.1. The predicted octanol–water partition coefficient (Wildman–Crippen LogP) is 2.93. The number of ether oxygens (including phenoxy) is 3. The molecule has 188 valence electrons. The summed E-state index contributed by atoms with van der Waals surface area (Å²) in [5.41, 5.74) is 0.838. The summed E-state index contributed by atoms with van der Waals surface area (Å²) in [5, 5.41) is 15.3. The Morgan fingerprint density at radius 3 is 2.71 bits per heavy atom. The number of hydrogen-bond acceptors (Lipinski definition) is 7. The van der Waals surface area contributed by atoms with Crippen molar-refractivity contribution in [3.8, 4) is 0 Å². The van der Waals surface area contributed by atoms with Crippen LogP contribution in [0, 0.1) is 5.92 Å². The Hall–Kier alpha value is -2.30. The van der Waals surface area contributed by atoms with Crippen LogP contribution < -0.4 is 10.6 Å². The van der Waals surface area contributed by atoms with Crippen molar-refractivity contribution < 1.29 is 33.7 Å². The Bertz CT molecular complexity index is 840. The second-order valence-electron chi connectivity index (χ2n) is 8.71. The van der Waals surface area contributed by atoms with E-state index in [1.165, 1.54) is 0 Å². The van der Waals surface area contributed by atoms with Gasteiger partial charge in [-0.3, -0.25) is 9.59 Å². The SMILES string of the molecule is CCC1COC2(CC[C@H](NC(=O)[C@H](CCSC)NC(=O)OCc3ccccc3)[C@H](C(=O)O)C2)O1. The van der Waals surface area contributed by atoms with Gasteiger partial charge in [-0.25, -0.2) is 4.79 Å². The molecule has 1 aromatic carbocycles. The highest BCUT2D eigenvalue weighted by Gasteiger charge is 2.50. The van der Waals surface area contributed by atoms with E-state index in [2.05, 4.69) is 10.6 Å². The van der Waals surface area contributed by atoms with Gasteiger partial charge in [-0.2, -0.15) is 11.8 Å². The van der Waals surface area contributed by atoms with E-state index in [1.54, 1.807) is 11.8 Å². The molecule has 2 unspecified atom stereocenters. The van der Waals surface area contributed by atoms with Crippen LogP contribution in [0.15, 0.2) is 30.3 Å². The standard InChI is InChI=1S/C24H34N2O7S/c1-3-17-15-32-24(33-17)11-9-19(18(13-24)22(28)29)25-21(27)20(10-12-34-2)26-23(30)31-14-16-7-5-4-6-8-16/h4-8,17-20H,3,9-15H2,1-2H3,(H,25,27)(H,26,30)(H,28,29)/t17?,18-,19+,20+,24?/m1/s1. The highest BCUT2D eigenvalue weighted by molar-refractivity contribution is 7.98. The number of amides is 2.